The van der Waals surface area contributed by atoms with Crippen molar-refractivity contribution in [2.24, 2.45) is 5.92 Å². The van der Waals surface area contributed by atoms with E-state index in [1.54, 1.807) is 54.7 Å². The number of hydrogen-bond acceptors (Lipinski definition) is 9. The van der Waals surface area contributed by atoms with Crippen LogP contribution in [-0.4, -0.2) is 80.2 Å². The number of benzene rings is 2. The lowest BCUT2D eigenvalue weighted by molar-refractivity contribution is -0.143. The van der Waals surface area contributed by atoms with Crippen molar-refractivity contribution in [3.8, 4) is 28.7 Å². The van der Waals surface area contributed by atoms with Gasteiger partial charge in [-0.3, -0.25) is 19.5 Å². The van der Waals surface area contributed by atoms with Gasteiger partial charge in [0.1, 0.15) is 6.61 Å². The molecule has 0 aliphatic carbocycles. The lowest BCUT2D eigenvalue weighted by Gasteiger charge is -2.29. The first-order valence-corrected chi connectivity index (χ1v) is 14.4. The molecule has 3 heterocycles. The van der Waals surface area contributed by atoms with Crippen molar-refractivity contribution in [3.05, 3.63) is 66.5 Å². The van der Waals surface area contributed by atoms with E-state index < -0.39 is 23.8 Å². The molecule has 3 aromatic rings. The number of anilines is 1. The Morgan fingerprint density at radius 1 is 1.07 bits per heavy atom. The monoisotopic (exact) mass is 591 g/mol. The van der Waals surface area contributed by atoms with Gasteiger partial charge in [0.05, 0.1) is 44.6 Å². The van der Waals surface area contributed by atoms with Crippen molar-refractivity contribution in [3.63, 3.8) is 0 Å². The van der Waals surface area contributed by atoms with Crippen LogP contribution in [0.5, 0.6) is 28.7 Å². The van der Waals surface area contributed by atoms with Crippen LogP contribution in [0.1, 0.15) is 31.2 Å². The van der Waals surface area contributed by atoms with Gasteiger partial charge >= 0.3 is 5.97 Å². The summed E-state index contributed by atoms with van der Waals surface area (Å²) in [5.74, 6) is -0.0234. The number of para-hydroxylation sites is 2. The van der Waals surface area contributed by atoms with Crippen molar-refractivity contribution in [1.82, 2.24) is 9.88 Å². The fraction of sp³-hybridized carbons (Fsp3) is 0.406. The van der Waals surface area contributed by atoms with Crippen LogP contribution < -0.4 is 28.6 Å². The average molecular weight is 592 g/mol. The predicted molar refractivity (Wildman–Crippen MR) is 158 cm³/mol. The number of carbonyl (C=O) groups is 2. The molecule has 228 valence electrons. The molecule has 11 nitrogen and oxygen atoms in total. The number of ether oxygens (including phenoxy) is 5. The molecular formula is C32H37N3O8. The maximum atomic E-state index is 13.9. The molecule has 0 saturated carbocycles. The number of methoxy groups -OCH3 is 2. The Labute approximate surface area is 250 Å². The number of carboxylic acids is 1. The highest BCUT2D eigenvalue weighted by molar-refractivity contribution is 5.94. The lowest BCUT2D eigenvalue weighted by Crippen LogP contribution is -2.46. The fourth-order valence-corrected chi connectivity index (χ4v) is 5.80. The smallest absolute Gasteiger partial charge is 0.308 e. The second-order valence-electron chi connectivity index (χ2n) is 10.5. The Morgan fingerprint density at radius 3 is 2.56 bits per heavy atom. The Kier molecular flexibility index (Phi) is 9.51. The Balaban J connectivity index is 1.48. The summed E-state index contributed by atoms with van der Waals surface area (Å²) in [5.41, 5.74) is 1.43. The number of hydrogen-bond donors (Lipinski definition) is 1. The van der Waals surface area contributed by atoms with Crippen LogP contribution >= 0.6 is 0 Å². The van der Waals surface area contributed by atoms with Gasteiger partial charge in [0.2, 0.25) is 18.4 Å². The highest BCUT2D eigenvalue weighted by Gasteiger charge is 2.48. The number of pyridine rings is 1. The Hall–Kier alpha value is -4.51. The molecule has 5 rings (SSSR count). The number of aromatic nitrogens is 1. The Morgan fingerprint density at radius 2 is 1.86 bits per heavy atom. The molecule has 2 aliphatic heterocycles. The quantitative estimate of drug-likeness (QED) is 0.310. The van der Waals surface area contributed by atoms with Crippen LogP contribution in [0.2, 0.25) is 0 Å². The second kappa shape index (κ2) is 13.6. The van der Waals surface area contributed by atoms with E-state index in [2.05, 4.69) is 11.9 Å². The molecule has 3 atom stereocenters. The summed E-state index contributed by atoms with van der Waals surface area (Å²) in [4.78, 5) is 34.7. The number of likely N-dealkylation sites (tertiary alicyclic amines) is 1. The molecule has 0 bridgehead atoms. The summed E-state index contributed by atoms with van der Waals surface area (Å²) in [6.45, 7) is 2.99. The minimum absolute atomic E-state index is 0.000522. The maximum Gasteiger partial charge on any atom is 0.308 e. The van der Waals surface area contributed by atoms with Crippen molar-refractivity contribution in [1.29, 1.82) is 0 Å². The maximum absolute atomic E-state index is 13.9. The van der Waals surface area contributed by atoms with Crippen LogP contribution in [0.3, 0.4) is 0 Å². The third kappa shape index (κ3) is 6.46. The molecule has 2 aliphatic rings. The van der Waals surface area contributed by atoms with Gasteiger partial charge in [-0.05, 0) is 48.4 Å². The molecule has 1 saturated heterocycles. The molecule has 11 heteroatoms. The number of carbonyl (C=O) groups excluding carboxylic acids is 1. The van der Waals surface area contributed by atoms with Crippen LogP contribution in [-0.2, 0) is 9.59 Å². The van der Waals surface area contributed by atoms with Crippen LogP contribution in [0, 0.1) is 5.92 Å². The van der Waals surface area contributed by atoms with E-state index in [4.69, 9.17) is 23.7 Å². The lowest BCUT2D eigenvalue weighted by atomic mass is 9.85. The van der Waals surface area contributed by atoms with Crippen molar-refractivity contribution < 1.29 is 38.4 Å². The van der Waals surface area contributed by atoms with Crippen LogP contribution in [0.15, 0.2) is 60.9 Å². The zero-order valence-corrected chi connectivity index (χ0v) is 24.6. The van der Waals surface area contributed by atoms with Gasteiger partial charge in [-0.15, -0.1) is 0 Å². The van der Waals surface area contributed by atoms with Gasteiger partial charge in [0, 0.05) is 25.2 Å². The first kappa shape index (κ1) is 30.0. The molecular weight excluding hydrogens is 554 g/mol. The molecule has 1 aromatic heterocycles. The number of carboxylic acid groups (broad SMARTS) is 1. The minimum atomic E-state index is -0.986. The third-order valence-electron chi connectivity index (χ3n) is 7.95. The van der Waals surface area contributed by atoms with Crippen molar-refractivity contribution in [2.45, 2.75) is 31.7 Å². The number of fused-ring (bicyclic) bond motifs is 1. The topological polar surface area (TPSA) is 120 Å². The van der Waals surface area contributed by atoms with Gasteiger partial charge in [-0.25, -0.2) is 0 Å². The minimum Gasteiger partial charge on any atom is -0.493 e. The van der Waals surface area contributed by atoms with Crippen LogP contribution in [0.4, 0.5) is 5.69 Å². The number of rotatable bonds is 13. The molecule has 1 unspecified atom stereocenters. The largest absolute Gasteiger partial charge is 0.493 e. The summed E-state index contributed by atoms with van der Waals surface area (Å²) >= 11 is 0. The third-order valence-corrected chi connectivity index (χ3v) is 7.95. The SMILES string of the molecule is CCCCN(C(=O)CN1C[C@H](c2cc(OC)c3c(c2)OCO3)C(C(=O)O)[C@@H]1COc1ccccc1OC)c1cccnc1. The van der Waals surface area contributed by atoms with Gasteiger partial charge in [-0.1, -0.05) is 25.5 Å². The predicted octanol–water partition coefficient (Wildman–Crippen LogP) is 4.21. The summed E-state index contributed by atoms with van der Waals surface area (Å²) in [6, 6.07) is 13.8. The highest BCUT2D eigenvalue weighted by atomic mass is 16.7. The van der Waals surface area contributed by atoms with E-state index in [1.807, 2.05) is 23.1 Å². The van der Waals surface area contributed by atoms with E-state index in [0.717, 1.165) is 18.4 Å². The number of unbranched alkanes of at least 4 members (excludes halogenated alkanes) is 1. The van der Waals surface area contributed by atoms with Gasteiger partial charge in [0.15, 0.2) is 23.0 Å². The summed E-state index contributed by atoms with van der Waals surface area (Å²) in [5, 5.41) is 10.6. The molecule has 1 N–H and O–H groups in total. The number of amides is 1. The number of aliphatic carboxylic acids is 1. The Bertz CT molecular complexity index is 1420. The van der Waals surface area contributed by atoms with Gasteiger partial charge in [-0.2, -0.15) is 0 Å². The second-order valence-corrected chi connectivity index (χ2v) is 10.5. The molecule has 1 amide bonds. The van der Waals surface area contributed by atoms with E-state index in [1.165, 1.54) is 7.11 Å². The summed E-state index contributed by atoms with van der Waals surface area (Å²) in [7, 11) is 3.08. The molecule has 43 heavy (non-hydrogen) atoms. The highest BCUT2D eigenvalue weighted by Crippen LogP contribution is 2.47. The van der Waals surface area contributed by atoms with Crippen LogP contribution in [0.25, 0.3) is 0 Å². The van der Waals surface area contributed by atoms with E-state index in [-0.39, 0.29) is 25.9 Å². The molecule has 2 aromatic carbocycles. The molecule has 0 spiro atoms. The summed E-state index contributed by atoms with van der Waals surface area (Å²) in [6.07, 6.45) is 5.07. The van der Waals surface area contributed by atoms with E-state index in [0.29, 0.717) is 47.5 Å². The van der Waals surface area contributed by atoms with Crippen molar-refractivity contribution >= 4 is 17.6 Å². The van der Waals surface area contributed by atoms with Crippen molar-refractivity contribution in [2.75, 3.05) is 52.2 Å². The normalized spacial score (nSPS) is 19.2. The van der Waals surface area contributed by atoms with E-state index in [9.17, 15) is 14.7 Å². The average Bonchev–Trinajstić information content (AvgIpc) is 3.65. The summed E-state index contributed by atoms with van der Waals surface area (Å²) < 4.78 is 28.4. The first-order valence-electron chi connectivity index (χ1n) is 14.4. The zero-order valence-electron chi connectivity index (χ0n) is 24.6. The van der Waals surface area contributed by atoms with E-state index >= 15 is 0 Å². The molecule has 0 radical (unpaired) electrons. The van der Waals surface area contributed by atoms with Gasteiger partial charge < -0.3 is 33.7 Å². The standard InChI is InChI=1S/C32H37N3O8/c1-4-5-13-35(22-9-8-12-33-16-22)29(36)18-34-17-23(21-14-27(40-3)31-28(15-21)42-20-43-31)30(32(37)38)24(34)19-41-26-11-7-6-10-25(26)39-2/h6-12,14-16,23-24,30H,4-5,13,17-20H2,1-3H3,(H,37,38)/t23-,24+,30?/m1/s1. The molecule has 1 fully saturated rings. The number of nitrogens with zero attached hydrogens (tertiary/aromatic N) is 3. The first-order chi connectivity index (χ1) is 20.9. The zero-order chi connectivity index (χ0) is 30.3. The van der Waals surface area contributed by atoms with Gasteiger partial charge in [0.25, 0.3) is 0 Å². The fourth-order valence-electron chi connectivity index (χ4n) is 5.80.